The van der Waals surface area contributed by atoms with Crippen molar-refractivity contribution in [3.05, 3.63) is 140 Å². The van der Waals surface area contributed by atoms with Gasteiger partial charge in [-0.1, -0.05) is 72.8 Å². The van der Waals surface area contributed by atoms with Gasteiger partial charge in [0, 0.05) is 70.2 Å². The second-order valence-electron chi connectivity index (χ2n) is 11.3. The van der Waals surface area contributed by atoms with Gasteiger partial charge in [-0.15, -0.1) is 11.3 Å². The summed E-state index contributed by atoms with van der Waals surface area (Å²) >= 11 is 1.84. The van der Waals surface area contributed by atoms with Crippen LogP contribution in [0.2, 0.25) is 0 Å². The standard InChI is InChI=1S/C40H23NO2S/c1-2-8-28-24(7-1)13-17-33-30-18-14-26(22-37(30)43-40(28)33)41(25-16-20-36-34(21-25)29-9-3-5-11-35(29)42-36)27-15-19-32-31-10-4-6-12-38(31)44-39(32)23-27/h1-23H. The quantitative estimate of drug-likeness (QED) is 0.208. The summed E-state index contributed by atoms with van der Waals surface area (Å²) in [6, 6.07) is 49.5. The van der Waals surface area contributed by atoms with E-state index in [4.69, 9.17) is 8.83 Å². The largest absolute Gasteiger partial charge is 0.456 e. The molecule has 3 heterocycles. The molecule has 0 saturated carbocycles. The lowest BCUT2D eigenvalue weighted by atomic mass is 10.1. The monoisotopic (exact) mass is 581 g/mol. The molecule has 10 aromatic rings. The first-order chi connectivity index (χ1) is 21.8. The number of anilines is 3. The van der Waals surface area contributed by atoms with Gasteiger partial charge >= 0.3 is 0 Å². The van der Waals surface area contributed by atoms with Crippen LogP contribution in [0.3, 0.4) is 0 Å². The van der Waals surface area contributed by atoms with Crippen molar-refractivity contribution in [2.45, 2.75) is 0 Å². The maximum Gasteiger partial charge on any atom is 0.143 e. The molecule has 0 aliphatic heterocycles. The molecule has 3 aromatic heterocycles. The minimum absolute atomic E-state index is 0.872. The Morgan fingerprint density at radius 2 is 1.02 bits per heavy atom. The molecule has 0 amide bonds. The van der Waals surface area contributed by atoms with Gasteiger partial charge in [0.05, 0.1) is 0 Å². The summed E-state index contributed by atoms with van der Waals surface area (Å²) in [4.78, 5) is 2.33. The van der Waals surface area contributed by atoms with Gasteiger partial charge in [0.15, 0.2) is 0 Å². The smallest absolute Gasteiger partial charge is 0.143 e. The van der Waals surface area contributed by atoms with Crippen molar-refractivity contribution >= 4 is 103 Å². The molecular weight excluding hydrogens is 559 g/mol. The van der Waals surface area contributed by atoms with E-state index in [1.807, 2.05) is 23.5 Å². The van der Waals surface area contributed by atoms with E-state index in [2.05, 4.69) is 132 Å². The minimum atomic E-state index is 0.872. The molecule has 4 heteroatoms. The fourth-order valence-electron chi connectivity index (χ4n) is 6.79. The molecule has 206 valence electrons. The van der Waals surface area contributed by atoms with Crippen molar-refractivity contribution in [1.29, 1.82) is 0 Å². The Morgan fingerprint density at radius 1 is 0.386 bits per heavy atom. The van der Waals surface area contributed by atoms with Crippen LogP contribution in [-0.4, -0.2) is 0 Å². The molecule has 0 N–H and O–H groups in total. The molecule has 0 unspecified atom stereocenters. The second kappa shape index (κ2) is 8.96. The van der Waals surface area contributed by atoms with Gasteiger partial charge < -0.3 is 13.7 Å². The third kappa shape index (κ3) is 3.43. The number of nitrogens with zero attached hydrogens (tertiary/aromatic N) is 1. The highest BCUT2D eigenvalue weighted by atomic mass is 32.1. The summed E-state index contributed by atoms with van der Waals surface area (Å²) in [6.07, 6.45) is 0. The van der Waals surface area contributed by atoms with E-state index >= 15 is 0 Å². The molecule has 0 fully saturated rings. The molecule has 0 atom stereocenters. The maximum absolute atomic E-state index is 6.61. The summed E-state index contributed by atoms with van der Waals surface area (Å²) in [5, 5.41) is 9.36. The molecule has 3 nitrogen and oxygen atoms in total. The van der Waals surface area contributed by atoms with Crippen LogP contribution in [0.5, 0.6) is 0 Å². The Balaban J connectivity index is 1.22. The van der Waals surface area contributed by atoms with Crippen molar-refractivity contribution in [3.63, 3.8) is 0 Å². The van der Waals surface area contributed by atoms with Gasteiger partial charge in [-0.25, -0.2) is 0 Å². The number of furan rings is 2. The lowest BCUT2D eigenvalue weighted by Crippen LogP contribution is -2.09. The normalized spacial score (nSPS) is 12.1. The molecule has 10 rings (SSSR count). The van der Waals surface area contributed by atoms with Crippen LogP contribution >= 0.6 is 11.3 Å². The number of para-hydroxylation sites is 1. The van der Waals surface area contributed by atoms with Gasteiger partial charge in [0.25, 0.3) is 0 Å². The van der Waals surface area contributed by atoms with E-state index in [1.165, 1.54) is 25.6 Å². The highest BCUT2D eigenvalue weighted by Gasteiger charge is 2.19. The first-order valence-corrected chi connectivity index (χ1v) is 15.6. The van der Waals surface area contributed by atoms with Crippen LogP contribution in [0.25, 0.3) is 74.8 Å². The molecule has 7 aromatic carbocycles. The van der Waals surface area contributed by atoms with Crippen molar-refractivity contribution in [3.8, 4) is 0 Å². The minimum Gasteiger partial charge on any atom is -0.456 e. The van der Waals surface area contributed by atoms with Gasteiger partial charge in [-0.05, 0) is 66.0 Å². The molecule has 44 heavy (non-hydrogen) atoms. The fourth-order valence-corrected chi connectivity index (χ4v) is 7.93. The Kier molecular flexibility index (Phi) is 4.87. The zero-order chi connectivity index (χ0) is 28.8. The highest BCUT2D eigenvalue weighted by Crippen LogP contribution is 2.44. The summed E-state index contributed by atoms with van der Waals surface area (Å²) in [6.45, 7) is 0. The van der Waals surface area contributed by atoms with Gasteiger partial charge in [0.2, 0.25) is 0 Å². The van der Waals surface area contributed by atoms with E-state index in [9.17, 15) is 0 Å². The van der Waals surface area contributed by atoms with Crippen molar-refractivity contribution in [2.75, 3.05) is 4.90 Å². The van der Waals surface area contributed by atoms with E-state index in [-0.39, 0.29) is 0 Å². The maximum atomic E-state index is 6.61. The number of fused-ring (bicyclic) bond motifs is 11. The lowest BCUT2D eigenvalue weighted by molar-refractivity contribution is 0.669. The van der Waals surface area contributed by atoms with Gasteiger partial charge in [-0.3, -0.25) is 0 Å². The summed E-state index contributed by atoms with van der Waals surface area (Å²) in [5.74, 6) is 0. The van der Waals surface area contributed by atoms with Crippen LogP contribution in [0.15, 0.2) is 148 Å². The first kappa shape index (κ1) is 23.9. The van der Waals surface area contributed by atoms with Crippen molar-refractivity contribution in [1.82, 2.24) is 0 Å². The predicted molar refractivity (Wildman–Crippen MR) is 186 cm³/mol. The lowest BCUT2D eigenvalue weighted by Gasteiger charge is -2.25. The Bertz CT molecular complexity index is 2750. The van der Waals surface area contributed by atoms with Crippen LogP contribution < -0.4 is 4.90 Å². The molecule has 0 spiro atoms. The highest BCUT2D eigenvalue weighted by molar-refractivity contribution is 7.25. The molecule has 0 aliphatic carbocycles. The number of hydrogen-bond acceptors (Lipinski definition) is 4. The summed E-state index contributed by atoms with van der Waals surface area (Å²) < 4.78 is 15.4. The summed E-state index contributed by atoms with van der Waals surface area (Å²) in [7, 11) is 0. The van der Waals surface area contributed by atoms with Crippen LogP contribution in [0.1, 0.15) is 0 Å². The third-order valence-electron chi connectivity index (χ3n) is 8.84. The fraction of sp³-hybridized carbons (Fsp3) is 0. The Labute approximate surface area is 255 Å². The van der Waals surface area contributed by atoms with E-state index in [1.54, 1.807) is 0 Å². The number of rotatable bonds is 3. The molecule has 0 bridgehead atoms. The third-order valence-corrected chi connectivity index (χ3v) is 9.98. The molecule has 0 aliphatic rings. The number of hydrogen-bond donors (Lipinski definition) is 0. The zero-order valence-corrected chi connectivity index (χ0v) is 24.3. The molecular formula is C40H23NO2S. The topological polar surface area (TPSA) is 29.5 Å². The van der Waals surface area contributed by atoms with E-state index < -0.39 is 0 Å². The van der Waals surface area contributed by atoms with Gasteiger partial charge in [0.1, 0.15) is 22.3 Å². The Hall–Kier alpha value is -5.58. The van der Waals surface area contributed by atoms with Crippen molar-refractivity contribution < 1.29 is 8.83 Å². The Morgan fingerprint density at radius 3 is 1.95 bits per heavy atom. The van der Waals surface area contributed by atoms with E-state index in [0.717, 1.165) is 66.3 Å². The van der Waals surface area contributed by atoms with Crippen molar-refractivity contribution in [2.24, 2.45) is 0 Å². The average Bonchev–Trinajstić information content (AvgIpc) is 3.75. The first-order valence-electron chi connectivity index (χ1n) is 14.8. The van der Waals surface area contributed by atoms with Crippen LogP contribution in [-0.2, 0) is 0 Å². The van der Waals surface area contributed by atoms with Crippen LogP contribution in [0, 0.1) is 0 Å². The average molecular weight is 582 g/mol. The predicted octanol–water partition coefficient (Wildman–Crippen LogP) is 12.5. The van der Waals surface area contributed by atoms with Gasteiger partial charge in [-0.2, -0.15) is 0 Å². The number of benzene rings is 7. The summed E-state index contributed by atoms with van der Waals surface area (Å²) in [5.41, 5.74) is 6.77. The second-order valence-corrected chi connectivity index (χ2v) is 12.4. The van der Waals surface area contributed by atoms with Crippen LogP contribution in [0.4, 0.5) is 17.1 Å². The zero-order valence-electron chi connectivity index (χ0n) is 23.5. The molecule has 0 radical (unpaired) electrons. The SMILES string of the molecule is c1ccc2c(c1)ccc1c3ccc(N(c4ccc5c(c4)sc4ccccc45)c4ccc5oc6ccccc6c5c4)cc3oc21. The molecule has 0 saturated heterocycles. The van der Waals surface area contributed by atoms with E-state index in [0.29, 0.717) is 0 Å². The number of thiophene rings is 1.